The number of hydrogen-bond donors (Lipinski definition) is 1. The second-order valence-electron chi connectivity index (χ2n) is 5.89. The molecule has 4 aromatic rings. The van der Waals surface area contributed by atoms with Gasteiger partial charge in [-0.25, -0.2) is 4.98 Å². The van der Waals surface area contributed by atoms with E-state index in [1.54, 1.807) is 18.8 Å². The third kappa shape index (κ3) is 3.45. The van der Waals surface area contributed by atoms with Gasteiger partial charge >= 0.3 is 0 Å². The molecule has 142 valence electrons. The van der Waals surface area contributed by atoms with Crippen LogP contribution in [-0.4, -0.2) is 41.4 Å². The lowest BCUT2D eigenvalue weighted by molar-refractivity contribution is 0.1000. The smallest absolute Gasteiger partial charge is 0.254 e. The first kappa shape index (κ1) is 18.1. The van der Waals surface area contributed by atoms with Crippen molar-refractivity contribution in [3.8, 4) is 27.6 Å². The number of amides is 1. The van der Waals surface area contributed by atoms with Gasteiger partial charge in [0.2, 0.25) is 0 Å². The molecule has 0 saturated carbocycles. The molecule has 0 aliphatic rings. The van der Waals surface area contributed by atoms with E-state index in [2.05, 4.69) is 10.1 Å². The van der Waals surface area contributed by atoms with Gasteiger partial charge in [-0.1, -0.05) is 11.2 Å². The molecule has 0 aliphatic carbocycles. The molecule has 9 heteroatoms. The zero-order valence-corrected chi connectivity index (χ0v) is 15.7. The van der Waals surface area contributed by atoms with Gasteiger partial charge in [-0.2, -0.15) is 0 Å². The zero-order chi connectivity index (χ0) is 19.5. The topological polar surface area (TPSA) is 113 Å². The Bertz CT molecular complexity index is 1120. The maximum atomic E-state index is 11.6. The molecule has 28 heavy (non-hydrogen) atoms. The second kappa shape index (κ2) is 7.75. The number of carbonyl (C=O) groups excluding carboxylic acids is 1. The van der Waals surface area contributed by atoms with Crippen molar-refractivity contribution < 1.29 is 18.8 Å². The van der Waals surface area contributed by atoms with Crippen molar-refractivity contribution >= 4 is 28.1 Å². The van der Waals surface area contributed by atoms with E-state index in [1.165, 1.54) is 17.6 Å². The molecule has 0 aliphatic heterocycles. The van der Waals surface area contributed by atoms with E-state index in [0.717, 1.165) is 21.5 Å². The summed E-state index contributed by atoms with van der Waals surface area (Å²) in [6, 6.07) is 7.38. The summed E-state index contributed by atoms with van der Waals surface area (Å²) < 4.78 is 15.9. The number of fused-ring (bicyclic) bond motifs is 1. The normalized spacial score (nSPS) is 11.0. The summed E-state index contributed by atoms with van der Waals surface area (Å²) in [5, 5.41) is 4.69. The molecule has 3 aromatic heterocycles. The molecule has 0 saturated heterocycles. The van der Waals surface area contributed by atoms with E-state index in [9.17, 15) is 4.79 Å². The maximum absolute atomic E-state index is 11.6. The Balaban J connectivity index is 1.84. The average molecular weight is 396 g/mol. The van der Waals surface area contributed by atoms with Crippen LogP contribution in [0.15, 0.2) is 46.8 Å². The Morgan fingerprint density at radius 3 is 2.93 bits per heavy atom. The molecule has 3 heterocycles. The number of hydrogen-bond acceptors (Lipinski definition) is 8. The van der Waals surface area contributed by atoms with Gasteiger partial charge in [0, 0.05) is 30.3 Å². The monoisotopic (exact) mass is 396 g/mol. The number of ether oxygens (including phenoxy) is 2. The molecule has 0 spiro atoms. The minimum absolute atomic E-state index is 0.218. The summed E-state index contributed by atoms with van der Waals surface area (Å²) in [5.74, 6) is 0.0444. The highest BCUT2D eigenvalue weighted by atomic mass is 32.1. The largest absolute Gasteiger partial charge is 0.490 e. The van der Waals surface area contributed by atoms with Crippen molar-refractivity contribution in [1.82, 2.24) is 15.1 Å². The fraction of sp³-hybridized carbons (Fsp3) is 0.158. The highest BCUT2D eigenvalue weighted by Crippen LogP contribution is 2.34. The molecule has 0 unspecified atom stereocenters. The predicted molar refractivity (Wildman–Crippen MR) is 104 cm³/mol. The number of nitrogens with zero attached hydrogens (tertiary/aromatic N) is 3. The number of pyridine rings is 1. The summed E-state index contributed by atoms with van der Waals surface area (Å²) in [6.45, 7) is 0.840. The molecular weight excluding hydrogens is 380 g/mol. The predicted octanol–water partition coefficient (Wildman–Crippen LogP) is 3.14. The molecule has 4 rings (SSSR count). The number of methoxy groups -OCH3 is 1. The Labute approximate surface area is 163 Å². The lowest BCUT2D eigenvalue weighted by atomic mass is 10.0. The summed E-state index contributed by atoms with van der Waals surface area (Å²) in [7, 11) is 1.62. The lowest BCUT2D eigenvalue weighted by Gasteiger charge is -2.11. The SMILES string of the molecule is COCCOc1cc(-c2cncs2)nc2ccc(-c3nocc3C(N)=O)cc12. The van der Waals surface area contributed by atoms with Crippen LogP contribution in [0.4, 0.5) is 0 Å². The Morgan fingerprint density at radius 1 is 1.29 bits per heavy atom. The number of benzene rings is 1. The minimum atomic E-state index is -0.605. The Morgan fingerprint density at radius 2 is 2.18 bits per heavy atom. The van der Waals surface area contributed by atoms with Gasteiger partial charge in [-0.15, -0.1) is 11.3 Å². The molecule has 0 radical (unpaired) electrons. The van der Waals surface area contributed by atoms with E-state index < -0.39 is 5.91 Å². The summed E-state index contributed by atoms with van der Waals surface area (Å²) in [6.07, 6.45) is 3.00. The van der Waals surface area contributed by atoms with Crippen LogP contribution in [0.2, 0.25) is 0 Å². The van der Waals surface area contributed by atoms with Gasteiger partial charge in [0.05, 0.1) is 28.2 Å². The number of primary amides is 1. The molecule has 0 fully saturated rings. The highest BCUT2D eigenvalue weighted by Gasteiger charge is 2.17. The minimum Gasteiger partial charge on any atom is -0.490 e. The van der Waals surface area contributed by atoms with Crippen molar-refractivity contribution in [2.45, 2.75) is 0 Å². The highest BCUT2D eigenvalue weighted by molar-refractivity contribution is 7.13. The number of aromatic nitrogens is 3. The van der Waals surface area contributed by atoms with Crippen molar-refractivity contribution in [2.24, 2.45) is 5.73 Å². The van der Waals surface area contributed by atoms with Crippen LogP contribution in [0.25, 0.3) is 32.7 Å². The fourth-order valence-electron chi connectivity index (χ4n) is 2.78. The first-order valence-corrected chi connectivity index (χ1v) is 9.25. The zero-order valence-electron chi connectivity index (χ0n) is 14.9. The van der Waals surface area contributed by atoms with Crippen LogP contribution in [0.5, 0.6) is 5.75 Å². The van der Waals surface area contributed by atoms with Crippen LogP contribution in [0.1, 0.15) is 10.4 Å². The van der Waals surface area contributed by atoms with Gasteiger partial charge in [-0.05, 0) is 12.1 Å². The summed E-state index contributed by atoms with van der Waals surface area (Å²) >= 11 is 1.50. The van der Waals surface area contributed by atoms with Crippen molar-refractivity contribution in [1.29, 1.82) is 0 Å². The van der Waals surface area contributed by atoms with Crippen molar-refractivity contribution in [3.63, 3.8) is 0 Å². The fourth-order valence-corrected chi connectivity index (χ4v) is 3.37. The summed E-state index contributed by atoms with van der Waals surface area (Å²) in [5.41, 5.74) is 9.95. The number of thiazole rings is 1. The third-order valence-corrected chi connectivity index (χ3v) is 4.90. The maximum Gasteiger partial charge on any atom is 0.254 e. The number of rotatable bonds is 7. The molecule has 1 amide bonds. The van der Waals surface area contributed by atoms with E-state index in [4.69, 9.17) is 24.7 Å². The molecular formula is C19H16N4O4S. The van der Waals surface area contributed by atoms with Crippen LogP contribution in [0.3, 0.4) is 0 Å². The van der Waals surface area contributed by atoms with Gasteiger partial charge in [-0.3, -0.25) is 9.78 Å². The number of nitrogens with two attached hydrogens (primary N) is 1. The van der Waals surface area contributed by atoms with Gasteiger partial charge in [0.1, 0.15) is 29.9 Å². The van der Waals surface area contributed by atoms with Gasteiger partial charge < -0.3 is 19.7 Å². The van der Waals surface area contributed by atoms with Gasteiger partial charge in [0.15, 0.2) is 0 Å². The number of carbonyl (C=O) groups is 1. The third-order valence-electron chi connectivity index (χ3n) is 4.11. The molecule has 1 aromatic carbocycles. The molecule has 2 N–H and O–H groups in total. The Kier molecular flexibility index (Phi) is 5.00. The van der Waals surface area contributed by atoms with E-state index in [0.29, 0.717) is 30.2 Å². The first-order chi connectivity index (χ1) is 13.7. The molecule has 8 nitrogen and oxygen atoms in total. The van der Waals surface area contributed by atoms with E-state index in [1.807, 2.05) is 24.3 Å². The quantitative estimate of drug-likeness (QED) is 0.477. The van der Waals surface area contributed by atoms with Crippen LogP contribution < -0.4 is 10.5 Å². The second-order valence-corrected chi connectivity index (χ2v) is 6.77. The average Bonchev–Trinajstić information content (AvgIpc) is 3.39. The van der Waals surface area contributed by atoms with Crippen LogP contribution in [0, 0.1) is 0 Å². The molecule has 0 atom stereocenters. The standard InChI is InChI=1S/C19H16N4O4S/c1-25-4-5-26-16-7-15(17-8-21-10-28-17)22-14-3-2-11(6-12(14)16)18-13(19(20)24)9-27-23-18/h2-3,6-10H,4-5H2,1H3,(H2,20,24). The van der Waals surface area contributed by atoms with Gasteiger partial charge in [0.25, 0.3) is 5.91 Å². The van der Waals surface area contributed by atoms with Crippen LogP contribution >= 0.6 is 11.3 Å². The van der Waals surface area contributed by atoms with E-state index in [-0.39, 0.29) is 5.56 Å². The van der Waals surface area contributed by atoms with Crippen molar-refractivity contribution in [3.05, 3.63) is 47.8 Å². The Hall–Kier alpha value is -3.30. The van der Waals surface area contributed by atoms with E-state index >= 15 is 0 Å². The lowest BCUT2D eigenvalue weighted by Crippen LogP contribution is -2.11. The summed E-state index contributed by atoms with van der Waals surface area (Å²) in [4.78, 5) is 21.4. The first-order valence-electron chi connectivity index (χ1n) is 8.37. The van der Waals surface area contributed by atoms with Crippen LogP contribution in [-0.2, 0) is 4.74 Å². The van der Waals surface area contributed by atoms with Crippen molar-refractivity contribution in [2.75, 3.05) is 20.3 Å². The molecule has 0 bridgehead atoms.